The van der Waals surface area contributed by atoms with Gasteiger partial charge in [0, 0.05) is 12.2 Å². The highest BCUT2D eigenvalue weighted by atomic mass is 35.5. The molecule has 0 saturated carbocycles. The maximum absolute atomic E-state index is 11.9. The highest BCUT2D eigenvalue weighted by Crippen LogP contribution is 2.17. The molecule has 0 spiro atoms. The number of anilines is 1. The van der Waals surface area contributed by atoms with Crippen molar-refractivity contribution in [3.8, 4) is 0 Å². The van der Waals surface area contributed by atoms with Crippen LogP contribution in [0.4, 0.5) is 5.69 Å². The van der Waals surface area contributed by atoms with Gasteiger partial charge in [0.15, 0.2) is 0 Å². The maximum Gasteiger partial charge on any atom is 0.307 e. The Kier molecular flexibility index (Phi) is 6.18. The number of likely N-dealkylation sites (tertiary alicyclic amines) is 1. The van der Waals surface area contributed by atoms with Crippen molar-refractivity contribution >= 4 is 30.0 Å². The summed E-state index contributed by atoms with van der Waals surface area (Å²) in [6, 6.07) is 5.79. The van der Waals surface area contributed by atoms with Gasteiger partial charge in [-0.2, -0.15) is 0 Å². The summed E-state index contributed by atoms with van der Waals surface area (Å²) in [6.45, 7) is 5.39. The smallest absolute Gasteiger partial charge is 0.307 e. The molecule has 21 heavy (non-hydrogen) atoms. The summed E-state index contributed by atoms with van der Waals surface area (Å²) < 4.78 is 0. The fraction of sp³-hybridized carbons (Fsp3) is 0.467. The number of carbonyl (C=O) groups is 2. The number of hydrogen-bond donors (Lipinski definition) is 2. The summed E-state index contributed by atoms with van der Waals surface area (Å²) >= 11 is 0. The lowest BCUT2D eigenvalue weighted by atomic mass is 10.1. The first-order valence-corrected chi connectivity index (χ1v) is 6.78. The molecular formula is C15H21ClN2O3. The minimum absolute atomic E-state index is 0. The predicted octanol–water partition coefficient (Wildman–Crippen LogP) is 2.07. The molecule has 2 rings (SSSR count). The second-order valence-electron chi connectivity index (χ2n) is 5.41. The lowest BCUT2D eigenvalue weighted by Crippen LogP contribution is -2.32. The summed E-state index contributed by atoms with van der Waals surface area (Å²) in [5.41, 5.74) is 3.11. The van der Waals surface area contributed by atoms with Crippen LogP contribution in [0.25, 0.3) is 0 Å². The molecule has 1 aliphatic heterocycles. The third-order valence-corrected chi connectivity index (χ3v) is 3.78. The third-order valence-electron chi connectivity index (χ3n) is 3.78. The first-order chi connectivity index (χ1) is 9.45. The van der Waals surface area contributed by atoms with E-state index in [4.69, 9.17) is 5.11 Å². The van der Waals surface area contributed by atoms with Crippen molar-refractivity contribution in [2.24, 2.45) is 5.92 Å². The Morgan fingerprint density at radius 1 is 1.33 bits per heavy atom. The number of rotatable bonds is 4. The molecule has 1 amide bonds. The SMILES string of the molecule is Cc1ccc(NC(=O)CN2CCC(C(=O)O)C2)cc1C.Cl. The number of nitrogens with zero attached hydrogens (tertiary/aromatic N) is 1. The number of amides is 1. The van der Waals surface area contributed by atoms with Crippen LogP contribution < -0.4 is 5.32 Å². The van der Waals surface area contributed by atoms with Crippen LogP contribution in [-0.2, 0) is 9.59 Å². The van der Waals surface area contributed by atoms with E-state index in [2.05, 4.69) is 5.32 Å². The zero-order valence-electron chi connectivity index (χ0n) is 12.3. The Hall–Kier alpha value is -1.59. The Balaban J connectivity index is 0.00000220. The molecule has 5 nitrogen and oxygen atoms in total. The second-order valence-corrected chi connectivity index (χ2v) is 5.41. The molecule has 6 heteroatoms. The van der Waals surface area contributed by atoms with Gasteiger partial charge in [0.25, 0.3) is 0 Å². The zero-order chi connectivity index (χ0) is 14.7. The van der Waals surface area contributed by atoms with E-state index in [0.717, 1.165) is 11.3 Å². The summed E-state index contributed by atoms with van der Waals surface area (Å²) in [4.78, 5) is 24.7. The Morgan fingerprint density at radius 2 is 2.05 bits per heavy atom. The lowest BCUT2D eigenvalue weighted by Gasteiger charge is -2.15. The summed E-state index contributed by atoms with van der Waals surface area (Å²) in [7, 11) is 0. The van der Waals surface area contributed by atoms with Gasteiger partial charge in [0.2, 0.25) is 5.91 Å². The number of benzene rings is 1. The number of nitrogens with one attached hydrogen (secondary N) is 1. The van der Waals surface area contributed by atoms with E-state index in [0.29, 0.717) is 19.5 Å². The van der Waals surface area contributed by atoms with Crippen molar-refractivity contribution in [2.75, 3.05) is 25.0 Å². The molecular weight excluding hydrogens is 292 g/mol. The van der Waals surface area contributed by atoms with Crippen LogP contribution in [0.5, 0.6) is 0 Å². The lowest BCUT2D eigenvalue weighted by molar-refractivity contribution is -0.141. The summed E-state index contributed by atoms with van der Waals surface area (Å²) in [6.07, 6.45) is 0.617. The van der Waals surface area contributed by atoms with Gasteiger partial charge in [-0.05, 0) is 50.1 Å². The van der Waals surface area contributed by atoms with Crippen molar-refractivity contribution in [1.82, 2.24) is 4.90 Å². The van der Waals surface area contributed by atoms with Crippen molar-refractivity contribution in [3.63, 3.8) is 0 Å². The van der Waals surface area contributed by atoms with Crippen LogP contribution in [0.15, 0.2) is 18.2 Å². The van der Waals surface area contributed by atoms with Gasteiger partial charge in [-0.3, -0.25) is 14.5 Å². The topological polar surface area (TPSA) is 69.6 Å². The number of carboxylic acid groups (broad SMARTS) is 1. The molecule has 1 aliphatic rings. The monoisotopic (exact) mass is 312 g/mol. The van der Waals surface area contributed by atoms with Gasteiger partial charge < -0.3 is 10.4 Å². The minimum Gasteiger partial charge on any atom is -0.481 e. The summed E-state index contributed by atoms with van der Waals surface area (Å²) in [5.74, 6) is -1.22. The number of halogens is 1. The van der Waals surface area contributed by atoms with Crippen molar-refractivity contribution < 1.29 is 14.7 Å². The number of aryl methyl sites for hydroxylation is 2. The predicted molar refractivity (Wildman–Crippen MR) is 84.0 cm³/mol. The normalized spacial score (nSPS) is 18.1. The van der Waals surface area contributed by atoms with E-state index in [1.54, 1.807) is 0 Å². The first-order valence-electron chi connectivity index (χ1n) is 6.78. The second kappa shape index (κ2) is 7.43. The summed E-state index contributed by atoms with van der Waals surface area (Å²) in [5, 5.41) is 11.8. The van der Waals surface area contributed by atoms with E-state index >= 15 is 0 Å². The van der Waals surface area contributed by atoms with E-state index in [9.17, 15) is 9.59 Å². The van der Waals surface area contributed by atoms with E-state index < -0.39 is 5.97 Å². The molecule has 1 saturated heterocycles. The average molecular weight is 313 g/mol. The quantitative estimate of drug-likeness (QED) is 0.893. The highest BCUT2D eigenvalue weighted by molar-refractivity contribution is 5.92. The zero-order valence-corrected chi connectivity index (χ0v) is 13.1. The van der Waals surface area contributed by atoms with Crippen LogP contribution >= 0.6 is 12.4 Å². The number of aliphatic carboxylic acids is 1. The Labute approximate surface area is 130 Å². The van der Waals surface area contributed by atoms with Gasteiger partial charge in [-0.15, -0.1) is 12.4 Å². The molecule has 1 aromatic carbocycles. The standard InChI is InChI=1S/C15H20N2O3.ClH/c1-10-3-4-13(7-11(10)2)16-14(18)9-17-6-5-12(8-17)15(19)20;/h3-4,7,12H,5-6,8-9H2,1-2H3,(H,16,18)(H,19,20);1H. The first kappa shape index (κ1) is 17.5. The van der Waals surface area contributed by atoms with Crippen LogP contribution in [0, 0.1) is 19.8 Å². The van der Waals surface area contributed by atoms with E-state index in [1.807, 2.05) is 36.9 Å². The molecule has 1 fully saturated rings. The van der Waals surface area contributed by atoms with Crippen molar-refractivity contribution in [2.45, 2.75) is 20.3 Å². The minimum atomic E-state index is -0.776. The van der Waals surface area contributed by atoms with E-state index in [-0.39, 0.29) is 30.8 Å². The largest absolute Gasteiger partial charge is 0.481 e. The van der Waals surface area contributed by atoms with Crippen LogP contribution in [0.2, 0.25) is 0 Å². The Bertz CT molecular complexity index is 534. The van der Waals surface area contributed by atoms with Gasteiger partial charge in [-0.25, -0.2) is 0 Å². The molecule has 1 aromatic rings. The van der Waals surface area contributed by atoms with Gasteiger partial charge in [0.05, 0.1) is 12.5 Å². The van der Waals surface area contributed by atoms with Gasteiger partial charge in [0.1, 0.15) is 0 Å². The third kappa shape index (κ3) is 4.72. The molecule has 1 heterocycles. The molecule has 116 valence electrons. The average Bonchev–Trinajstić information content (AvgIpc) is 2.82. The molecule has 0 radical (unpaired) electrons. The van der Waals surface area contributed by atoms with Crippen LogP contribution in [-0.4, -0.2) is 41.5 Å². The number of carboxylic acids is 1. The fourth-order valence-electron chi connectivity index (χ4n) is 2.40. The van der Waals surface area contributed by atoms with Crippen LogP contribution in [0.3, 0.4) is 0 Å². The number of hydrogen-bond acceptors (Lipinski definition) is 3. The molecule has 0 aromatic heterocycles. The molecule has 0 aliphatic carbocycles. The molecule has 1 unspecified atom stereocenters. The van der Waals surface area contributed by atoms with Crippen molar-refractivity contribution in [3.05, 3.63) is 29.3 Å². The van der Waals surface area contributed by atoms with Gasteiger partial charge >= 0.3 is 5.97 Å². The van der Waals surface area contributed by atoms with Crippen molar-refractivity contribution in [1.29, 1.82) is 0 Å². The maximum atomic E-state index is 11.9. The Morgan fingerprint density at radius 3 is 2.62 bits per heavy atom. The molecule has 2 N–H and O–H groups in total. The molecule has 0 bridgehead atoms. The van der Waals surface area contributed by atoms with Crippen LogP contribution in [0.1, 0.15) is 17.5 Å². The number of carbonyl (C=O) groups excluding carboxylic acids is 1. The fourth-order valence-corrected chi connectivity index (χ4v) is 2.40. The van der Waals surface area contributed by atoms with E-state index in [1.165, 1.54) is 5.56 Å². The molecule has 1 atom stereocenters. The highest BCUT2D eigenvalue weighted by Gasteiger charge is 2.28. The van der Waals surface area contributed by atoms with Gasteiger partial charge in [-0.1, -0.05) is 6.07 Å².